The summed E-state index contributed by atoms with van der Waals surface area (Å²) >= 11 is 0. The molecule has 0 saturated carbocycles. The number of aromatic nitrogens is 4. The second-order valence-electron chi connectivity index (χ2n) is 7.28. The van der Waals surface area contributed by atoms with Crippen LogP contribution in [0.3, 0.4) is 0 Å². The number of nitrogens with zero attached hydrogens (tertiary/aromatic N) is 5. The molecule has 30 heavy (non-hydrogen) atoms. The van der Waals surface area contributed by atoms with Crippen molar-refractivity contribution in [2.24, 2.45) is 5.92 Å². The molecule has 0 amide bonds. The van der Waals surface area contributed by atoms with E-state index in [0.29, 0.717) is 31.8 Å². The average Bonchev–Trinajstić information content (AvgIpc) is 3.17. The number of sulfonamides is 1. The van der Waals surface area contributed by atoms with Gasteiger partial charge in [-0.3, -0.25) is 4.68 Å². The van der Waals surface area contributed by atoms with Crippen LogP contribution in [0, 0.1) is 5.92 Å². The van der Waals surface area contributed by atoms with Crippen LogP contribution in [0.25, 0.3) is 0 Å². The van der Waals surface area contributed by atoms with Gasteiger partial charge in [0.25, 0.3) is 10.0 Å². The molecule has 0 radical (unpaired) electrons. The number of aliphatic hydroxyl groups excluding tert-OH is 1. The Bertz CT molecular complexity index is 940. The minimum Gasteiger partial charge on any atom is -0.396 e. The Hall–Kier alpha value is -2.25. The largest absolute Gasteiger partial charge is 0.419 e. The SMILES string of the molecule is CC(CO)Cn1ccc(S(=O)(=O)N2CCC(Nc3ncc(C(F)(F)F)cn3)CC2)n1. The number of hydrogen-bond acceptors (Lipinski definition) is 7. The molecule has 9 nitrogen and oxygen atoms in total. The highest BCUT2D eigenvalue weighted by Gasteiger charge is 2.33. The Kier molecular flexibility index (Phi) is 6.62. The van der Waals surface area contributed by atoms with Gasteiger partial charge in [-0.2, -0.15) is 22.6 Å². The average molecular weight is 448 g/mol. The van der Waals surface area contributed by atoms with E-state index in [2.05, 4.69) is 20.4 Å². The van der Waals surface area contributed by atoms with Gasteiger partial charge < -0.3 is 10.4 Å². The Balaban J connectivity index is 1.57. The number of aliphatic hydroxyl groups is 1. The fourth-order valence-electron chi connectivity index (χ4n) is 3.06. The molecule has 2 aromatic heterocycles. The van der Waals surface area contributed by atoms with Crippen LogP contribution in [0.15, 0.2) is 29.7 Å². The van der Waals surface area contributed by atoms with Crippen LogP contribution in [-0.2, 0) is 22.7 Å². The van der Waals surface area contributed by atoms with Gasteiger partial charge in [0, 0.05) is 50.9 Å². The third kappa shape index (κ3) is 5.26. The minimum atomic E-state index is -4.50. The van der Waals surface area contributed by atoms with Crippen LogP contribution in [0.4, 0.5) is 19.1 Å². The van der Waals surface area contributed by atoms with E-state index < -0.39 is 21.8 Å². The van der Waals surface area contributed by atoms with Gasteiger partial charge in [0.2, 0.25) is 5.95 Å². The first-order valence-electron chi connectivity index (χ1n) is 9.40. The maximum absolute atomic E-state index is 12.8. The third-order valence-electron chi connectivity index (χ3n) is 4.80. The van der Waals surface area contributed by atoms with Gasteiger partial charge in [0.15, 0.2) is 5.03 Å². The Morgan fingerprint density at radius 2 is 1.90 bits per heavy atom. The van der Waals surface area contributed by atoms with E-state index in [1.807, 2.05) is 6.92 Å². The molecule has 1 aliphatic rings. The van der Waals surface area contributed by atoms with Gasteiger partial charge >= 0.3 is 6.18 Å². The molecule has 3 rings (SSSR count). The first kappa shape index (κ1) is 22.4. The number of piperidine rings is 1. The van der Waals surface area contributed by atoms with Crippen molar-refractivity contribution in [2.75, 3.05) is 25.0 Å². The molecule has 13 heteroatoms. The molecule has 0 spiro atoms. The maximum atomic E-state index is 12.8. The summed E-state index contributed by atoms with van der Waals surface area (Å²) in [6.45, 7) is 2.69. The molecule has 1 unspecified atom stereocenters. The van der Waals surface area contributed by atoms with E-state index in [0.717, 1.165) is 0 Å². The minimum absolute atomic E-state index is 0.0227. The molecule has 0 aromatic carbocycles. The van der Waals surface area contributed by atoms with Gasteiger partial charge in [-0.25, -0.2) is 18.4 Å². The lowest BCUT2D eigenvalue weighted by Crippen LogP contribution is -2.42. The van der Waals surface area contributed by atoms with Gasteiger partial charge in [0.05, 0.1) is 5.56 Å². The molecule has 1 fully saturated rings. The van der Waals surface area contributed by atoms with E-state index in [1.165, 1.54) is 15.1 Å². The molecule has 166 valence electrons. The van der Waals surface area contributed by atoms with Crippen molar-refractivity contribution in [2.45, 2.75) is 43.6 Å². The topological polar surface area (TPSA) is 113 Å². The standard InChI is InChI=1S/C17H23F3N6O3S/c1-12(11-27)10-25-5-4-15(24-25)30(28,29)26-6-2-14(3-7-26)23-16-21-8-13(9-22-16)17(18,19)20/h4-5,8-9,12,14,27H,2-3,6-7,10-11H2,1H3,(H,21,22,23). The van der Waals surface area contributed by atoms with Crippen molar-refractivity contribution >= 4 is 16.0 Å². The first-order valence-corrected chi connectivity index (χ1v) is 10.8. The molecular formula is C17H23F3N6O3S. The zero-order chi connectivity index (χ0) is 21.9. The fourth-order valence-corrected chi connectivity index (χ4v) is 4.46. The van der Waals surface area contributed by atoms with E-state index in [1.54, 1.807) is 6.20 Å². The summed E-state index contributed by atoms with van der Waals surface area (Å²) in [6, 6.07) is 1.27. The monoisotopic (exact) mass is 448 g/mol. The molecular weight excluding hydrogens is 425 g/mol. The number of anilines is 1. The molecule has 1 aliphatic heterocycles. The van der Waals surface area contributed by atoms with E-state index in [-0.39, 0.29) is 42.6 Å². The van der Waals surface area contributed by atoms with Crippen molar-refractivity contribution in [3.8, 4) is 0 Å². The molecule has 1 atom stereocenters. The predicted molar refractivity (Wildman–Crippen MR) is 101 cm³/mol. The van der Waals surface area contributed by atoms with E-state index >= 15 is 0 Å². The summed E-state index contributed by atoms with van der Waals surface area (Å²) in [5.41, 5.74) is -0.929. The lowest BCUT2D eigenvalue weighted by atomic mass is 10.1. The summed E-state index contributed by atoms with van der Waals surface area (Å²) in [6.07, 6.45) is -0.611. The van der Waals surface area contributed by atoms with Crippen LogP contribution < -0.4 is 5.32 Å². The summed E-state index contributed by atoms with van der Waals surface area (Å²) < 4.78 is 66.1. The number of nitrogens with one attached hydrogen (secondary N) is 1. The molecule has 0 aliphatic carbocycles. The molecule has 2 N–H and O–H groups in total. The van der Waals surface area contributed by atoms with Crippen LogP contribution in [0.1, 0.15) is 25.3 Å². The normalized spacial score (nSPS) is 17.8. The summed E-state index contributed by atoms with van der Waals surface area (Å²) in [4.78, 5) is 7.37. The van der Waals surface area contributed by atoms with Crippen LogP contribution in [0.2, 0.25) is 0 Å². The van der Waals surface area contributed by atoms with Crippen molar-refractivity contribution < 1.29 is 26.7 Å². The molecule has 0 bridgehead atoms. The fraction of sp³-hybridized carbons (Fsp3) is 0.588. The highest BCUT2D eigenvalue weighted by molar-refractivity contribution is 7.89. The number of alkyl halides is 3. The number of halogens is 3. The highest BCUT2D eigenvalue weighted by Crippen LogP contribution is 2.28. The smallest absolute Gasteiger partial charge is 0.396 e. The van der Waals surface area contributed by atoms with Gasteiger partial charge in [-0.1, -0.05) is 6.92 Å². The first-order chi connectivity index (χ1) is 14.1. The number of rotatable bonds is 7. The Morgan fingerprint density at radius 3 is 2.47 bits per heavy atom. The van der Waals surface area contributed by atoms with E-state index in [4.69, 9.17) is 5.11 Å². The third-order valence-corrected chi connectivity index (χ3v) is 6.59. The summed E-state index contributed by atoms with van der Waals surface area (Å²) in [5, 5.41) is 16.1. The van der Waals surface area contributed by atoms with Crippen LogP contribution in [0.5, 0.6) is 0 Å². The highest BCUT2D eigenvalue weighted by atomic mass is 32.2. The second kappa shape index (κ2) is 8.86. The molecule has 2 aromatic rings. The Morgan fingerprint density at radius 1 is 1.27 bits per heavy atom. The Labute approximate surface area is 172 Å². The van der Waals surface area contributed by atoms with Crippen molar-refractivity contribution in [1.82, 2.24) is 24.1 Å². The van der Waals surface area contributed by atoms with Crippen molar-refractivity contribution in [3.63, 3.8) is 0 Å². The van der Waals surface area contributed by atoms with Crippen molar-refractivity contribution in [3.05, 3.63) is 30.2 Å². The predicted octanol–water partition coefficient (Wildman–Crippen LogP) is 1.59. The molecule has 3 heterocycles. The van der Waals surface area contributed by atoms with Crippen molar-refractivity contribution in [1.29, 1.82) is 0 Å². The van der Waals surface area contributed by atoms with Crippen LogP contribution >= 0.6 is 0 Å². The second-order valence-corrected chi connectivity index (χ2v) is 9.16. The maximum Gasteiger partial charge on any atom is 0.419 e. The zero-order valence-electron chi connectivity index (χ0n) is 16.2. The lowest BCUT2D eigenvalue weighted by Gasteiger charge is -2.31. The zero-order valence-corrected chi connectivity index (χ0v) is 17.1. The lowest BCUT2D eigenvalue weighted by molar-refractivity contribution is -0.138. The molecule has 1 saturated heterocycles. The number of hydrogen-bond donors (Lipinski definition) is 2. The van der Waals surface area contributed by atoms with Crippen LogP contribution in [-0.4, -0.2) is 63.3 Å². The van der Waals surface area contributed by atoms with Gasteiger partial charge in [0.1, 0.15) is 0 Å². The van der Waals surface area contributed by atoms with Gasteiger partial charge in [-0.15, -0.1) is 0 Å². The summed E-state index contributed by atoms with van der Waals surface area (Å²) in [7, 11) is -3.75. The van der Waals surface area contributed by atoms with E-state index in [9.17, 15) is 21.6 Å². The van der Waals surface area contributed by atoms with Gasteiger partial charge in [-0.05, 0) is 24.8 Å². The summed E-state index contributed by atoms with van der Waals surface area (Å²) in [5.74, 6) is 0.0238. The quantitative estimate of drug-likeness (QED) is 0.661.